The van der Waals surface area contributed by atoms with E-state index in [1.165, 1.54) is 23.0 Å². The number of rotatable bonds is 2. The molecule has 2 N–H and O–H groups in total. The van der Waals surface area contributed by atoms with E-state index in [1.54, 1.807) is 13.2 Å². The average molecular weight is 302 g/mol. The first kappa shape index (κ1) is 12.2. The quantitative estimate of drug-likeness (QED) is 0.926. The molecule has 0 saturated heterocycles. The zero-order valence-electron chi connectivity index (χ0n) is 8.99. The molecule has 1 unspecified atom stereocenters. The number of halogens is 3. The summed E-state index contributed by atoms with van der Waals surface area (Å²) in [7, 11) is 1.71. The van der Waals surface area contributed by atoms with Gasteiger partial charge in [0.05, 0.1) is 12.2 Å². The molecule has 1 heterocycles. The molecule has 0 saturated carbocycles. The predicted molar refractivity (Wildman–Crippen MR) is 63.3 cm³/mol. The molecule has 0 radical (unpaired) electrons. The summed E-state index contributed by atoms with van der Waals surface area (Å²) >= 11 is 3.02. The molecule has 0 bridgehead atoms. The molecule has 3 nitrogen and oxygen atoms in total. The summed E-state index contributed by atoms with van der Waals surface area (Å²) in [5, 5.41) is 3.92. The van der Waals surface area contributed by atoms with Crippen molar-refractivity contribution in [3.8, 4) is 0 Å². The molecule has 0 amide bonds. The SMILES string of the molecule is Cn1cc(C(N)c2c(F)cc(Br)cc2F)cn1. The van der Waals surface area contributed by atoms with Crippen molar-refractivity contribution in [2.24, 2.45) is 12.8 Å². The lowest BCUT2D eigenvalue weighted by Gasteiger charge is -2.12. The zero-order chi connectivity index (χ0) is 12.6. The third-order valence-electron chi connectivity index (χ3n) is 2.44. The van der Waals surface area contributed by atoms with Crippen LogP contribution in [0, 0.1) is 11.6 Å². The molecule has 6 heteroatoms. The van der Waals surface area contributed by atoms with Crippen LogP contribution in [0.15, 0.2) is 29.0 Å². The largest absolute Gasteiger partial charge is 0.320 e. The van der Waals surface area contributed by atoms with Gasteiger partial charge in [0, 0.05) is 28.8 Å². The second kappa shape index (κ2) is 4.54. The van der Waals surface area contributed by atoms with E-state index in [1.807, 2.05) is 0 Å². The van der Waals surface area contributed by atoms with Gasteiger partial charge in [0.1, 0.15) is 11.6 Å². The van der Waals surface area contributed by atoms with Crippen LogP contribution in [0.1, 0.15) is 17.2 Å². The Morgan fingerprint density at radius 2 is 1.94 bits per heavy atom. The molecule has 0 aliphatic rings. The molecule has 1 aromatic heterocycles. The van der Waals surface area contributed by atoms with Crippen molar-refractivity contribution >= 4 is 15.9 Å². The zero-order valence-corrected chi connectivity index (χ0v) is 10.6. The van der Waals surface area contributed by atoms with Crippen molar-refractivity contribution in [2.45, 2.75) is 6.04 Å². The second-order valence-corrected chi connectivity index (χ2v) is 4.62. The lowest BCUT2D eigenvalue weighted by molar-refractivity contribution is 0.542. The Balaban J connectivity index is 2.47. The lowest BCUT2D eigenvalue weighted by atomic mass is 10.0. The fourth-order valence-corrected chi connectivity index (χ4v) is 2.02. The summed E-state index contributed by atoms with van der Waals surface area (Å²) in [6.07, 6.45) is 3.12. The lowest BCUT2D eigenvalue weighted by Crippen LogP contribution is -2.15. The summed E-state index contributed by atoms with van der Waals surface area (Å²) in [5.74, 6) is -1.35. The summed E-state index contributed by atoms with van der Waals surface area (Å²) in [6, 6.07) is 1.51. The minimum absolute atomic E-state index is 0.152. The Kier molecular flexibility index (Phi) is 3.26. The van der Waals surface area contributed by atoms with Gasteiger partial charge < -0.3 is 5.73 Å². The molecule has 0 spiro atoms. The van der Waals surface area contributed by atoms with Gasteiger partial charge in [0.25, 0.3) is 0 Å². The highest BCUT2D eigenvalue weighted by Gasteiger charge is 2.20. The van der Waals surface area contributed by atoms with E-state index >= 15 is 0 Å². The molecule has 90 valence electrons. The summed E-state index contributed by atoms with van der Waals surface area (Å²) in [5.41, 5.74) is 6.24. The predicted octanol–water partition coefficient (Wildman–Crippen LogP) is 2.51. The molecule has 0 aliphatic carbocycles. The molecule has 2 aromatic rings. The van der Waals surface area contributed by atoms with Crippen LogP contribution in [0.3, 0.4) is 0 Å². The first-order chi connectivity index (χ1) is 7.99. The fraction of sp³-hybridized carbons (Fsp3) is 0.182. The van der Waals surface area contributed by atoms with Crippen molar-refractivity contribution in [3.63, 3.8) is 0 Å². The number of hydrogen-bond donors (Lipinski definition) is 1. The third-order valence-corrected chi connectivity index (χ3v) is 2.90. The minimum Gasteiger partial charge on any atom is -0.320 e. The van der Waals surface area contributed by atoms with Crippen molar-refractivity contribution < 1.29 is 8.78 Å². The third kappa shape index (κ3) is 2.37. The number of hydrogen-bond acceptors (Lipinski definition) is 2. The van der Waals surface area contributed by atoms with Crippen LogP contribution in [0.25, 0.3) is 0 Å². The maximum absolute atomic E-state index is 13.7. The van der Waals surface area contributed by atoms with Crippen molar-refractivity contribution in [2.75, 3.05) is 0 Å². The van der Waals surface area contributed by atoms with Gasteiger partial charge in [-0.25, -0.2) is 8.78 Å². The van der Waals surface area contributed by atoms with Gasteiger partial charge in [-0.15, -0.1) is 0 Å². The molecular formula is C11H10BrF2N3. The molecular weight excluding hydrogens is 292 g/mol. The van der Waals surface area contributed by atoms with Gasteiger partial charge >= 0.3 is 0 Å². The van der Waals surface area contributed by atoms with Gasteiger partial charge in [-0.1, -0.05) is 15.9 Å². The van der Waals surface area contributed by atoms with Crippen molar-refractivity contribution in [3.05, 3.63) is 51.8 Å². The summed E-state index contributed by atoms with van der Waals surface area (Å²) in [4.78, 5) is 0. The maximum atomic E-state index is 13.7. The van der Waals surface area contributed by atoms with E-state index in [2.05, 4.69) is 21.0 Å². The van der Waals surface area contributed by atoms with Crippen LogP contribution in [0.4, 0.5) is 8.78 Å². The Morgan fingerprint density at radius 1 is 1.35 bits per heavy atom. The highest BCUT2D eigenvalue weighted by atomic mass is 79.9. The minimum atomic E-state index is -0.864. The Labute approximate surface area is 105 Å². The molecule has 0 aliphatic heterocycles. The van der Waals surface area contributed by atoms with Crippen LogP contribution in [0.5, 0.6) is 0 Å². The first-order valence-corrected chi connectivity index (χ1v) is 5.67. The topological polar surface area (TPSA) is 43.8 Å². The van der Waals surface area contributed by atoms with E-state index in [0.717, 1.165) is 0 Å². The summed E-state index contributed by atoms with van der Waals surface area (Å²) < 4.78 is 29.2. The van der Waals surface area contributed by atoms with E-state index in [0.29, 0.717) is 10.0 Å². The van der Waals surface area contributed by atoms with Gasteiger partial charge in [-0.3, -0.25) is 4.68 Å². The fourth-order valence-electron chi connectivity index (χ4n) is 1.62. The van der Waals surface area contributed by atoms with E-state index in [4.69, 9.17) is 5.73 Å². The smallest absolute Gasteiger partial charge is 0.132 e. The van der Waals surface area contributed by atoms with Gasteiger partial charge in [-0.05, 0) is 12.1 Å². The highest BCUT2D eigenvalue weighted by molar-refractivity contribution is 9.10. The molecule has 0 fully saturated rings. The van der Waals surface area contributed by atoms with E-state index in [-0.39, 0.29) is 5.56 Å². The highest BCUT2D eigenvalue weighted by Crippen LogP contribution is 2.27. The Morgan fingerprint density at radius 3 is 2.41 bits per heavy atom. The average Bonchev–Trinajstić information content (AvgIpc) is 2.63. The van der Waals surface area contributed by atoms with E-state index < -0.39 is 17.7 Å². The number of nitrogens with zero attached hydrogens (tertiary/aromatic N) is 2. The number of aryl methyl sites for hydroxylation is 1. The number of aromatic nitrogens is 2. The Bertz CT molecular complexity index is 530. The van der Waals surface area contributed by atoms with Gasteiger partial charge in [-0.2, -0.15) is 5.10 Å². The molecule has 17 heavy (non-hydrogen) atoms. The molecule has 1 aromatic carbocycles. The van der Waals surface area contributed by atoms with Crippen LogP contribution < -0.4 is 5.73 Å². The van der Waals surface area contributed by atoms with Crippen LogP contribution in [-0.2, 0) is 7.05 Å². The van der Waals surface area contributed by atoms with Crippen molar-refractivity contribution in [1.82, 2.24) is 9.78 Å². The van der Waals surface area contributed by atoms with Crippen molar-refractivity contribution in [1.29, 1.82) is 0 Å². The monoisotopic (exact) mass is 301 g/mol. The van der Waals surface area contributed by atoms with Gasteiger partial charge in [0.15, 0.2) is 0 Å². The molecule has 1 atom stereocenters. The standard InChI is InChI=1S/C11H10BrF2N3/c1-17-5-6(4-16-17)11(15)10-8(13)2-7(12)3-9(10)14/h2-5,11H,15H2,1H3. The second-order valence-electron chi connectivity index (χ2n) is 3.71. The summed E-state index contributed by atoms with van der Waals surface area (Å²) in [6.45, 7) is 0. The first-order valence-electron chi connectivity index (χ1n) is 4.87. The van der Waals surface area contributed by atoms with Crippen LogP contribution >= 0.6 is 15.9 Å². The van der Waals surface area contributed by atoms with Crippen LogP contribution in [0.2, 0.25) is 0 Å². The number of benzene rings is 1. The normalized spacial score (nSPS) is 12.8. The van der Waals surface area contributed by atoms with E-state index in [9.17, 15) is 8.78 Å². The van der Waals surface area contributed by atoms with Crippen LogP contribution in [-0.4, -0.2) is 9.78 Å². The Hall–Kier alpha value is -1.27. The van der Waals surface area contributed by atoms with Gasteiger partial charge in [0.2, 0.25) is 0 Å². The molecule has 2 rings (SSSR count). The maximum Gasteiger partial charge on any atom is 0.132 e. The number of nitrogens with two attached hydrogens (primary N) is 1.